The van der Waals surface area contributed by atoms with Crippen LogP contribution in [0.1, 0.15) is 22.0 Å². The molecule has 0 unspecified atom stereocenters. The van der Waals surface area contributed by atoms with Gasteiger partial charge in [0.25, 0.3) is 0 Å². The third kappa shape index (κ3) is 2.43. The first kappa shape index (κ1) is 11.4. The van der Waals surface area contributed by atoms with Crippen LogP contribution in [-0.2, 0) is 0 Å². The third-order valence-electron chi connectivity index (χ3n) is 1.85. The van der Waals surface area contributed by atoms with Gasteiger partial charge < -0.3 is 15.9 Å². The van der Waals surface area contributed by atoms with Gasteiger partial charge in [-0.15, -0.1) is 0 Å². The van der Waals surface area contributed by atoms with Crippen LogP contribution in [0, 0.1) is 3.57 Å². The largest absolute Gasteiger partial charge is 0.478 e. The molecule has 4 nitrogen and oxygen atoms in total. The van der Waals surface area contributed by atoms with Crippen molar-refractivity contribution in [3.63, 3.8) is 0 Å². The summed E-state index contributed by atoms with van der Waals surface area (Å²) in [5.41, 5.74) is 6.41. The van der Waals surface area contributed by atoms with Crippen LogP contribution in [0.25, 0.3) is 0 Å². The number of carboxylic acids is 1. The maximum absolute atomic E-state index is 10.8. The molecule has 0 fully saturated rings. The fourth-order valence-electron chi connectivity index (χ4n) is 1.04. The van der Waals surface area contributed by atoms with Crippen LogP contribution >= 0.6 is 22.6 Å². The zero-order valence-electron chi connectivity index (χ0n) is 7.27. The molecule has 0 aliphatic rings. The van der Waals surface area contributed by atoms with E-state index >= 15 is 0 Å². The number of hydrogen-bond donors (Lipinski definition) is 3. The van der Waals surface area contributed by atoms with Gasteiger partial charge in [-0.25, -0.2) is 4.79 Å². The van der Waals surface area contributed by atoms with E-state index in [0.29, 0.717) is 9.13 Å². The van der Waals surface area contributed by atoms with E-state index in [1.54, 1.807) is 12.1 Å². The van der Waals surface area contributed by atoms with Crippen molar-refractivity contribution in [2.24, 2.45) is 5.73 Å². The third-order valence-corrected chi connectivity index (χ3v) is 2.79. The Morgan fingerprint density at radius 1 is 1.57 bits per heavy atom. The van der Waals surface area contributed by atoms with Crippen molar-refractivity contribution in [3.05, 3.63) is 32.9 Å². The highest BCUT2D eigenvalue weighted by Crippen LogP contribution is 2.18. The lowest BCUT2D eigenvalue weighted by Crippen LogP contribution is -2.15. The zero-order chi connectivity index (χ0) is 10.7. The molecule has 1 atom stereocenters. The van der Waals surface area contributed by atoms with Crippen LogP contribution in [0.2, 0.25) is 0 Å². The predicted molar refractivity (Wildman–Crippen MR) is 60.1 cm³/mol. The Kier molecular flexibility index (Phi) is 3.85. The van der Waals surface area contributed by atoms with Gasteiger partial charge in [-0.2, -0.15) is 0 Å². The van der Waals surface area contributed by atoms with Crippen LogP contribution in [0.5, 0.6) is 0 Å². The summed E-state index contributed by atoms with van der Waals surface area (Å²) in [6, 6.07) is 4.36. The van der Waals surface area contributed by atoms with Crippen molar-refractivity contribution in [2.75, 3.05) is 6.61 Å². The fraction of sp³-hybridized carbons (Fsp3) is 0.222. The highest BCUT2D eigenvalue weighted by Gasteiger charge is 2.11. The topological polar surface area (TPSA) is 83.5 Å². The monoisotopic (exact) mass is 307 g/mol. The number of rotatable bonds is 3. The first-order chi connectivity index (χ1) is 6.56. The summed E-state index contributed by atoms with van der Waals surface area (Å²) in [5.74, 6) is -0.985. The van der Waals surface area contributed by atoms with Gasteiger partial charge in [0.15, 0.2) is 0 Å². The molecule has 1 aromatic carbocycles. The smallest absolute Gasteiger partial charge is 0.336 e. The molecule has 5 heteroatoms. The molecule has 4 N–H and O–H groups in total. The number of aromatic carboxylic acids is 1. The maximum Gasteiger partial charge on any atom is 0.336 e. The van der Waals surface area contributed by atoms with Gasteiger partial charge in [-0.3, -0.25) is 0 Å². The van der Waals surface area contributed by atoms with Gasteiger partial charge in [0, 0.05) is 3.57 Å². The first-order valence-electron chi connectivity index (χ1n) is 3.95. The quantitative estimate of drug-likeness (QED) is 0.727. The number of aliphatic hydroxyl groups is 1. The Balaban J connectivity index is 3.12. The molecule has 0 bridgehead atoms. The molecular weight excluding hydrogens is 297 g/mol. The molecule has 14 heavy (non-hydrogen) atoms. The normalized spacial score (nSPS) is 12.5. The maximum atomic E-state index is 10.8. The lowest BCUT2D eigenvalue weighted by molar-refractivity contribution is 0.0695. The van der Waals surface area contributed by atoms with Crippen molar-refractivity contribution in [1.29, 1.82) is 0 Å². The van der Waals surface area contributed by atoms with E-state index in [-0.39, 0.29) is 12.2 Å². The minimum atomic E-state index is -0.985. The number of carbonyl (C=O) groups is 1. The summed E-state index contributed by atoms with van der Waals surface area (Å²) < 4.78 is 0.656. The van der Waals surface area contributed by atoms with Crippen LogP contribution in [0.15, 0.2) is 18.2 Å². The van der Waals surface area contributed by atoms with E-state index in [1.807, 2.05) is 22.6 Å². The summed E-state index contributed by atoms with van der Waals surface area (Å²) in [4.78, 5) is 10.8. The lowest BCUT2D eigenvalue weighted by Gasteiger charge is -2.09. The Morgan fingerprint density at radius 3 is 2.71 bits per heavy atom. The van der Waals surface area contributed by atoms with Gasteiger partial charge in [-0.05, 0) is 40.3 Å². The van der Waals surface area contributed by atoms with E-state index in [4.69, 9.17) is 15.9 Å². The predicted octanol–water partition coefficient (Wildman–Crippen LogP) is 0.982. The van der Waals surface area contributed by atoms with Gasteiger partial charge in [-0.1, -0.05) is 6.07 Å². The molecule has 0 heterocycles. The minimum Gasteiger partial charge on any atom is -0.478 e. The second-order valence-corrected chi connectivity index (χ2v) is 4.00. The molecule has 0 spiro atoms. The zero-order valence-corrected chi connectivity index (χ0v) is 9.43. The van der Waals surface area contributed by atoms with Crippen molar-refractivity contribution < 1.29 is 15.0 Å². The average molecular weight is 307 g/mol. The lowest BCUT2D eigenvalue weighted by atomic mass is 10.1. The van der Waals surface area contributed by atoms with E-state index in [2.05, 4.69) is 0 Å². The Labute approximate surface area is 94.9 Å². The molecule has 0 aliphatic heterocycles. The number of carboxylic acid groups (broad SMARTS) is 1. The van der Waals surface area contributed by atoms with Gasteiger partial charge in [0.1, 0.15) is 0 Å². The van der Waals surface area contributed by atoms with Gasteiger partial charge in [0.2, 0.25) is 0 Å². The van der Waals surface area contributed by atoms with Crippen LogP contribution in [0.4, 0.5) is 0 Å². The van der Waals surface area contributed by atoms with E-state index in [9.17, 15) is 4.79 Å². The molecular formula is C9H10INO3. The standard InChI is InChI=1S/C9H10INO3/c10-7-2-1-5(8(11)4-12)3-6(7)9(13)14/h1-3,8,12H,4,11H2,(H,13,14)/t8-/m0/s1. The molecule has 0 saturated heterocycles. The van der Waals surface area contributed by atoms with Crippen LogP contribution in [0.3, 0.4) is 0 Å². The average Bonchev–Trinajstić information content (AvgIpc) is 2.17. The second-order valence-electron chi connectivity index (χ2n) is 2.83. The van der Waals surface area contributed by atoms with Crippen molar-refractivity contribution >= 4 is 28.6 Å². The summed E-state index contributed by atoms with van der Waals surface area (Å²) in [7, 11) is 0. The SMILES string of the molecule is N[C@@H](CO)c1ccc(I)c(C(=O)O)c1. The Hall–Kier alpha value is -0.660. The highest BCUT2D eigenvalue weighted by molar-refractivity contribution is 14.1. The number of halogens is 1. The molecule has 0 radical (unpaired) electrons. The Morgan fingerprint density at radius 2 is 2.21 bits per heavy atom. The van der Waals surface area contributed by atoms with Gasteiger partial charge >= 0.3 is 5.97 Å². The van der Waals surface area contributed by atoms with Gasteiger partial charge in [0.05, 0.1) is 18.2 Å². The molecule has 1 rings (SSSR count). The molecule has 0 aliphatic carbocycles. The number of benzene rings is 1. The van der Waals surface area contributed by atoms with Crippen molar-refractivity contribution in [1.82, 2.24) is 0 Å². The number of hydrogen-bond acceptors (Lipinski definition) is 3. The summed E-state index contributed by atoms with van der Waals surface area (Å²) in [5, 5.41) is 17.6. The molecule has 1 aromatic rings. The van der Waals surface area contributed by atoms with E-state index in [1.165, 1.54) is 6.07 Å². The molecule has 0 aromatic heterocycles. The van der Waals surface area contributed by atoms with Crippen LogP contribution in [-0.4, -0.2) is 22.8 Å². The number of aliphatic hydroxyl groups excluding tert-OH is 1. The summed E-state index contributed by atoms with van der Waals surface area (Å²) in [6.07, 6.45) is 0. The summed E-state index contributed by atoms with van der Waals surface area (Å²) in [6.45, 7) is -0.195. The molecule has 0 saturated carbocycles. The van der Waals surface area contributed by atoms with Crippen molar-refractivity contribution in [3.8, 4) is 0 Å². The Bertz CT molecular complexity index is 354. The number of nitrogens with two attached hydrogens (primary N) is 1. The minimum absolute atomic E-state index is 0.195. The molecule has 76 valence electrons. The van der Waals surface area contributed by atoms with E-state index in [0.717, 1.165) is 0 Å². The van der Waals surface area contributed by atoms with Crippen LogP contribution < -0.4 is 5.73 Å². The van der Waals surface area contributed by atoms with Crippen molar-refractivity contribution in [2.45, 2.75) is 6.04 Å². The van der Waals surface area contributed by atoms with E-state index < -0.39 is 12.0 Å². The molecule has 0 amide bonds. The second kappa shape index (κ2) is 4.72. The highest BCUT2D eigenvalue weighted by atomic mass is 127. The first-order valence-corrected chi connectivity index (χ1v) is 5.03. The summed E-state index contributed by atoms with van der Waals surface area (Å²) >= 11 is 1.94. The fourth-order valence-corrected chi connectivity index (χ4v) is 1.61.